The third-order valence-corrected chi connectivity index (χ3v) is 4.81. The highest BCUT2D eigenvalue weighted by atomic mass is 16.5. The molecular weight excluding hydrogens is 358 g/mol. The van der Waals surface area contributed by atoms with Crippen molar-refractivity contribution < 1.29 is 9.53 Å². The van der Waals surface area contributed by atoms with Gasteiger partial charge in [0.2, 0.25) is 5.95 Å². The first-order valence-electron chi connectivity index (χ1n) is 9.31. The van der Waals surface area contributed by atoms with Crippen LogP contribution in [0.1, 0.15) is 30.5 Å². The van der Waals surface area contributed by atoms with Crippen molar-refractivity contribution in [1.82, 2.24) is 19.4 Å². The molecule has 1 fully saturated rings. The van der Waals surface area contributed by atoms with Gasteiger partial charge in [-0.2, -0.15) is 0 Å². The fraction of sp³-hybridized carbons (Fsp3) is 0.350. The van der Waals surface area contributed by atoms with Crippen LogP contribution in [0.3, 0.4) is 0 Å². The van der Waals surface area contributed by atoms with Gasteiger partial charge in [0.1, 0.15) is 18.3 Å². The summed E-state index contributed by atoms with van der Waals surface area (Å²) < 4.78 is 6.98. The molecule has 3 aromatic rings. The minimum Gasteiger partial charge on any atom is -0.458 e. The van der Waals surface area contributed by atoms with E-state index in [0.717, 1.165) is 18.4 Å². The van der Waals surface area contributed by atoms with Gasteiger partial charge >= 0.3 is 5.97 Å². The second kappa shape index (κ2) is 7.75. The van der Waals surface area contributed by atoms with Crippen LogP contribution in [0, 0.1) is 6.92 Å². The second-order valence-electron chi connectivity index (χ2n) is 6.88. The van der Waals surface area contributed by atoms with Crippen LogP contribution in [-0.2, 0) is 16.1 Å². The van der Waals surface area contributed by atoms with Gasteiger partial charge in [0, 0.05) is 31.2 Å². The number of pyridine rings is 1. The van der Waals surface area contributed by atoms with Crippen LogP contribution in [0.25, 0.3) is 5.65 Å². The molecule has 0 aromatic carbocycles. The van der Waals surface area contributed by atoms with Crippen molar-refractivity contribution in [3.63, 3.8) is 0 Å². The van der Waals surface area contributed by atoms with Crippen LogP contribution in [0.15, 0.2) is 47.7 Å². The van der Waals surface area contributed by atoms with Crippen LogP contribution in [0.2, 0.25) is 0 Å². The predicted molar refractivity (Wildman–Crippen MR) is 103 cm³/mol. The van der Waals surface area contributed by atoms with Gasteiger partial charge in [0.25, 0.3) is 5.56 Å². The Balaban J connectivity index is 1.49. The van der Waals surface area contributed by atoms with E-state index in [1.165, 1.54) is 10.5 Å². The Morgan fingerprint density at radius 1 is 1.25 bits per heavy atom. The van der Waals surface area contributed by atoms with E-state index < -0.39 is 6.04 Å². The Morgan fingerprint density at radius 3 is 2.89 bits per heavy atom. The number of fused-ring (bicyclic) bond motifs is 1. The standard InChI is InChI=1S/C20H21N5O3/c1-14-6-7-17-23-15(11-18(26)25(17)12-14)13-28-19(27)16-5-2-3-10-24(16)20-21-8-4-9-22-20/h4,6-9,11-12,16H,2-3,5,10,13H2,1H3. The van der Waals surface area contributed by atoms with E-state index in [9.17, 15) is 9.59 Å². The largest absolute Gasteiger partial charge is 0.458 e. The van der Waals surface area contributed by atoms with E-state index in [1.807, 2.05) is 17.9 Å². The Morgan fingerprint density at radius 2 is 2.07 bits per heavy atom. The van der Waals surface area contributed by atoms with Gasteiger partial charge in [-0.05, 0) is 43.9 Å². The molecule has 1 saturated heterocycles. The van der Waals surface area contributed by atoms with Gasteiger partial charge < -0.3 is 9.64 Å². The molecule has 8 nitrogen and oxygen atoms in total. The van der Waals surface area contributed by atoms with Gasteiger partial charge in [0.05, 0.1) is 5.69 Å². The normalized spacial score (nSPS) is 16.9. The summed E-state index contributed by atoms with van der Waals surface area (Å²) >= 11 is 0. The van der Waals surface area contributed by atoms with Crippen LogP contribution in [0.5, 0.6) is 0 Å². The number of carbonyl (C=O) groups is 1. The SMILES string of the molecule is Cc1ccc2nc(COC(=O)C3CCCCN3c3ncccn3)cc(=O)n2c1. The number of aromatic nitrogens is 4. The van der Waals surface area contributed by atoms with E-state index in [2.05, 4.69) is 15.0 Å². The predicted octanol–water partition coefficient (Wildman–Crippen LogP) is 1.90. The molecule has 4 heterocycles. The lowest BCUT2D eigenvalue weighted by atomic mass is 10.0. The van der Waals surface area contributed by atoms with Crippen molar-refractivity contribution in [3.8, 4) is 0 Å². The number of carbonyl (C=O) groups excluding carboxylic acids is 1. The number of esters is 1. The maximum atomic E-state index is 12.7. The first kappa shape index (κ1) is 18.1. The van der Waals surface area contributed by atoms with E-state index >= 15 is 0 Å². The van der Waals surface area contributed by atoms with Gasteiger partial charge in [-0.15, -0.1) is 0 Å². The summed E-state index contributed by atoms with van der Waals surface area (Å²) in [6, 6.07) is 6.38. The molecule has 0 N–H and O–H groups in total. The smallest absolute Gasteiger partial charge is 0.329 e. The van der Waals surface area contributed by atoms with Crippen molar-refractivity contribution >= 4 is 17.6 Å². The molecule has 1 aliphatic rings. The molecule has 0 aliphatic carbocycles. The second-order valence-corrected chi connectivity index (χ2v) is 6.88. The number of hydrogen-bond donors (Lipinski definition) is 0. The van der Waals surface area contributed by atoms with Crippen LogP contribution in [0.4, 0.5) is 5.95 Å². The lowest BCUT2D eigenvalue weighted by Crippen LogP contribution is -2.46. The topological polar surface area (TPSA) is 89.7 Å². The highest BCUT2D eigenvalue weighted by Crippen LogP contribution is 2.22. The Labute approximate surface area is 161 Å². The van der Waals surface area contributed by atoms with Crippen molar-refractivity contribution in [2.24, 2.45) is 0 Å². The van der Waals surface area contributed by atoms with Gasteiger partial charge in [-0.1, -0.05) is 6.07 Å². The third-order valence-electron chi connectivity index (χ3n) is 4.81. The van der Waals surface area contributed by atoms with Gasteiger partial charge in [-0.3, -0.25) is 9.20 Å². The average Bonchev–Trinajstić information content (AvgIpc) is 2.73. The Kier molecular flexibility index (Phi) is 5.01. The molecule has 0 spiro atoms. The maximum absolute atomic E-state index is 12.7. The van der Waals surface area contributed by atoms with Crippen LogP contribution >= 0.6 is 0 Å². The van der Waals surface area contributed by atoms with Crippen molar-refractivity contribution in [3.05, 3.63) is 64.5 Å². The summed E-state index contributed by atoms with van der Waals surface area (Å²) in [5.41, 5.74) is 1.73. The maximum Gasteiger partial charge on any atom is 0.329 e. The molecular formula is C20H21N5O3. The summed E-state index contributed by atoms with van der Waals surface area (Å²) in [4.78, 5) is 39.8. The fourth-order valence-electron chi connectivity index (χ4n) is 3.43. The molecule has 8 heteroatoms. The number of anilines is 1. The zero-order valence-corrected chi connectivity index (χ0v) is 15.6. The van der Waals surface area contributed by atoms with E-state index in [4.69, 9.17) is 4.74 Å². The average molecular weight is 379 g/mol. The van der Waals surface area contributed by atoms with Gasteiger partial charge in [-0.25, -0.2) is 19.7 Å². The minimum atomic E-state index is -0.430. The molecule has 0 radical (unpaired) electrons. The quantitative estimate of drug-likeness (QED) is 0.640. The summed E-state index contributed by atoms with van der Waals surface area (Å²) in [5.74, 6) is 0.180. The summed E-state index contributed by atoms with van der Waals surface area (Å²) in [7, 11) is 0. The summed E-state index contributed by atoms with van der Waals surface area (Å²) in [6.45, 7) is 2.57. The van der Waals surface area contributed by atoms with Crippen molar-refractivity contribution in [1.29, 1.82) is 0 Å². The molecule has 144 valence electrons. The molecule has 1 atom stereocenters. The zero-order chi connectivity index (χ0) is 19.5. The molecule has 3 aromatic heterocycles. The highest BCUT2D eigenvalue weighted by molar-refractivity contribution is 5.79. The van der Waals surface area contributed by atoms with Crippen LogP contribution < -0.4 is 10.5 Å². The summed E-state index contributed by atoms with van der Waals surface area (Å²) in [6.07, 6.45) is 7.66. The van der Waals surface area contributed by atoms with E-state index in [-0.39, 0.29) is 18.1 Å². The Hall–Kier alpha value is -3.29. The lowest BCUT2D eigenvalue weighted by Gasteiger charge is -2.33. The van der Waals surface area contributed by atoms with Crippen molar-refractivity contribution in [2.75, 3.05) is 11.4 Å². The highest BCUT2D eigenvalue weighted by Gasteiger charge is 2.31. The molecule has 0 saturated carbocycles. The summed E-state index contributed by atoms with van der Waals surface area (Å²) in [5, 5.41) is 0. The number of rotatable bonds is 4. The molecule has 0 amide bonds. The lowest BCUT2D eigenvalue weighted by molar-refractivity contribution is -0.147. The third kappa shape index (κ3) is 3.71. The van der Waals surface area contributed by atoms with Crippen molar-refractivity contribution in [2.45, 2.75) is 38.8 Å². The Bertz CT molecular complexity index is 1050. The molecule has 4 rings (SSSR count). The minimum absolute atomic E-state index is 0.0432. The zero-order valence-electron chi connectivity index (χ0n) is 15.6. The molecule has 1 aliphatic heterocycles. The molecule has 1 unspecified atom stereocenters. The number of ether oxygens (including phenoxy) is 1. The number of nitrogens with zero attached hydrogens (tertiary/aromatic N) is 5. The number of aryl methyl sites for hydroxylation is 1. The van der Waals surface area contributed by atoms with Crippen LogP contribution in [-0.4, -0.2) is 37.9 Å². The first-order valence-corrected chi connectivity index (χ1v) is 9.31. The van der Waals surface area contributed by atoms with E-state index in [1.54, 1.807) is 30.7 Å². The monoisotopic (exact) mass is 379 g/mol. The van der Waals surface area contributed by atoms with E-state index in [0.29, 0.717) is 30.3 Å². The molecule has 28 heavy (non-hydrogen) atoms. The fourth-order valence-corrected chi connectivity index (χ4v) is 3.43. The number of hydrogen-bond acceptors (Lipinski definition) is 7. The molecule has 0 bridgehead atoms. The first-order chi connectivity index (χ1) is 13.6. The number of piperidine rings is 1. The van der Waals surface area contributed by atoms with Gasteiger partial charge in [0.15, 0.2) is 0 Å².